The summed E-state index contributed by atoms with van der Waals surface area (Å²) in [6.45, 7) is 2.60. The van der Waals surface area contributed by atoms with Crippen LogP contribution in [0.25, 0.3) is 0 Å². The minimum absolute atomic E-state index is 0.0462. The number of rotatable bonds is 6. The third-order valence-corrected chi connectivity index (χ3v) is 5.46. The highest BCUT2D eigenvalue weighted by atomic mass is 19.1. The molecule has 1 aliphatic heterocycles. The van der Waals surface area contributed by atoms with Crippen molar-refractivity contribution in [2.24, 2.45) is 0 Å². The Morgan fingerprint density at radius 2 is 1.59 bits per heavy atom. The second-order valence-corrected chi connectivity index (χ2v) is 7.72. The van der Waals surface area contributed by atoms with Gasteiger partial charge in [-0.1, -0.05) is 42.5 Å². The van der Waals surface area contributed by atoms with Crippen molar-refractivity contribution in [2.75, 3.05) is 31.2 Å². The first-order chi connectivity index (χ1) is 15.6. The van der Waals surface area contributed by atoms with E-state index in [9.17, 15) is 14.0 Å². The Morgan fingerprint density at radius 1 is 0.875 bits per heavy atom. The lowest BCUT2D eigenvalue weighted by atomic mass is 10.1. The molecular weight excluding hydrogens is 407 g/mol. The van der Waals surface area contributed by atoms with E-state index >= 15 is 0 Å². The highest BCUT2D eigenvalue weighted by Gasteiger charge is 2.20. The Hall–Kier alpha value is -3.51. The Morgan fingerprint density at radius 3 is 2.31 bits per heavy atom. The summed E-state index contributed by atoms with van der Waals surface area (Å²) in [5.41, 5.74) is 2.90. The van der Waals surface area contributed by atoms with Crippen LogP contribution in [0.3, 0.4) is 0 Å². The van der Waals surface area contributed by atoms with Gasteiger partial charge in [0.25, 0.3) is 5.91 Å². The van der Waals surface area contributed by atoms with E-state index in [1.807, 2.05) is 47.4 Å². The number of carbonyl (C=O) groups is 2. The first-order valence-electron chi connectivity index (χ1n) is 10.7. The van der Waals surface area contributed by atoms with Crippen LogP contribution in [0.15, 0.2) is 78.9 Å². The van der Waals surface area contributed by atoms with Gasteiger partial charge >= 0.3 is 0 Å². The molecule has 0 saturated carbocycles. The molecule has 0 unspecified atom stereocenters. The van der Waals surface area contributed by atoms with E-state index in [1.54, 1.807) is 29.2 Å². The van der Waals surface area contributed by atoms with E-state index < -0.39 is 0 Å². The molecule has 164 valence electrons. The Labute approximate surface area is 187 Å². The van der Waals surface area contributed by atoms with Crippen LogP contribution in [-0.2, 0) is 22.5 Å². The third-order valence-electron chi connectivity index (χ3n) is 5.46. The predicted molar refractivity (Wildman–Crippen MR) is 121 cm³/mol. The summed E-state index contributed by atoms with van der Waals surface area (Å²) in [5.74, 6) is -0.435. The average Bonchev–Trinajstić information content (AvgIpc) is 2.84. The summed E-state index contributed by atoms with van der Waals surface area (Å²) >= 11 is 0. The van der Waals surface area contributed by atoms with Crippen molar-refractivity contribution in [1.82, 2.24) is 4.90 Å². The number of nitrogens with zero attached hydrogens (tertiary/aromatic N) is 2. The van der Waals surface area contributed by atoms with Gasteiger partial charge in [0, 0.05) is 24.3 Å². The molecular formula is C26H25FN2O3. The van der Waals surface area contributed by atoms with Gasteiger partial charge in [0.2, 0.25) is 5.91 Å². The van der Waals surface area contributed by atoms with Gasteiger partial charge in [0.1, 0.15) is 5.82 Å². The molecule has 6 heteroatoms. The van der Waals surface area contributed by atoms with Crippen molar-refractivity contribution in [1.29, 1.82) is 0 Å². The number of amides is 2. The maximum Gasteiger partial charge on any atom is 0.258 e. The summed E-state index contributed by atoms with van der Waals surface area (Å²) in [4.78, 5) is 29.5. The molecule has 1 aliphatic rings. The first-order valence-corrected chi connectivity index (χ1v) is 10.7. The zero-order valence-electron chi connectivity index (χ0n) is 17.7. The quantitative estimate of drug-likeness (QED) is 0.590. The smallest absolute Gasteiger partial charge is 0.258 e. The van der Waals surface area contributed by atoms with Crippen molar-refractivity contribution < 1.29 is 18.7 Å². The average molecular weight is 432 g/mol. The maximum absolute atomic E-state index is 13.4. The molecule has 1 heterocycles. The fraction of sp³-hybridized carbons (Fsp3) is 0.231. The molecule has 5 nitrogen and oxygen atoms in total. The molecule has 0 bridgehead atoms. The molecule has 0 N–H and O–H groups in total. The van der Waals surface area contributed by atoms with Crippen LogP contribution in [0.5, 0.6) is 0 Å². The normalized spacial score (nSPS) is 13.6. The topological polar surface area (TPSA) is 49.9 Å². The van der Waals surface area contributed by atoms with Gasteiger partial charge in [-0.15, -0.1) is 0 Å². The van der Waals surface area contributed by atoms with E-state index in [0.717, 1.165) is 11.1 Å². The molecule has 0 spiro atoms. The molecule has 0 radical (unpaired) electrons. The van der Waals surface area contributed by atoms with E-state index in [2.05, 4.69) is 0 Å². The number of hydrogen-bond donors (Lipinski definition) is 0. The lowest BCUT2D eigenvalue weighted by Crippen LogP contribution is -2.41. The number of hydrogen-bond acceptors (Lipinski definition) is 3. The maximum atomic E-state index is 13.4. The molecule has 1 saturated heterocycles. The number of anilines is 1. The van der Waals surface area contributed by atoms with Gasteiger partial charge in [-0.3, -0.25) is 9.59 Å². The molecule has 3 aromatic rings. The van der Waals surface area contributed by atoms with Gasteiger partial charge in [-0.2, -0.15) is 0 Å². The number of halogens is 1. The van der Waals surface area contributed by atoms with Crippen LogP contribution in [-0.4, -0.2) is 43.0 Å². The van der Waals surface area contributed by atoms with Crippen LogP contribution >= 0.6 is 0 Å². The summed E-state index contributed by atoms with van der Waals surface area (Å²) in [6.07, 6.45) is 0.262. The lowest BCUT2D eigenvalue weighted by Gasteiger charge is -2.27. The Bertz CT molecular complexity index is 1060. The van der Waals surface area contributed by atoms with Crippen LogP contribution < -0.4 is 4.90 Å². The van der Waals surface area contributed by atoms with E-state index in [4.69, 9.17) is 4.74 Å². The SMILES string of the molecule is O=C(Cc1cccc(N(Cc2ccc(F)cc2)C(=O)c2ccccc2)c1)N1CCOCC1. The van der Waals surface area contributed by atoms with E-state index in [1.165, 1.54) is 12.1 Å². The molecule has 1 fully saturated rings. The largest absolute Gasteiger partial charge is 0.378 e. The second-order valence-electron chi connectivity index (χ2n) is 7.72. The fourth-order valence-corrected chi connectivity index (χ4v) is 3.72. The number of carbonyl (C=O) groups excluding carboxylic acids is 2. The first kappa shape index (κ1) is 21.7. The summed E-state index contributed by atoms with van der Waals surface area (Å²) in [7, 11) is 0. The highest BCUT2D eigenvalue weighted by molar-refractivity contribution is 6.06. The predicted octanol–water partition coefficient (Wildman–Crippen LogP) is 4.07. The molecule has 0 aliphatic carbocycles. The lowest BCUT2D eigenvalue weighted by molar-refractivity contribution is -0.134. The Balaban J connectivity index is 1.60. The molecule has 4 rings (SSSR count). The van der Waals surface area contributed by atoms with Crippen LogP contribution in [0.4, 0.5) is 10.1 Å². The van der Waals surface area contributed by atoms with Gasteiger partial charge in [-0.25, -0.2) is 4.39 Å². The van der Waals surface area contributed by atoms with Gasteiger partial charge in [-0.05, 0) is 47.5 Å². The number of ether oxygens (including phenoxy) is 1. The van der Waals surface area contributed by atoms with E-state index in [0.29, 0.717) is 37.6 Å². The summed E-state index contributed by atoms with van der Waals surface area (Å²) in [5, 5.41) is 0. The number of morpholine rings is 1. The second kappa shape index (κ2) is 10.2. The molecule has 32 heavy (non-hydrogen) atoms. The standard InChI is InChI=1S/C26H25FN2O3/c27-23-11-9-20(10-12-23)19-29(26(31)22-6-2-1-3-7-22)24-8-4-5-21(17-24)18-25(30)28-13-15-32-16-14-28/h1-12,17H,13-16,18-19H2. The van der Waals surface area contributed by atoms with Gasteiger partial charge < -0.3 is 14.5 Å². The highest BCUT2D eigenvalue weighted by Crippen LogP contribution is 2.23. The van der Waals surface area contributed by atoms with Crippen LogP contribution in [0.1, 0.15) is 21.5 Å². The van der Waals surface area contributed by atoms with Gasteiger partial charge in [0.05, 0.1) is 26.2 Å². The monoisotopic (exact) mass is 432 g/mol. The summed E-state index contributed by atoms with van der Waals surface area (Å²) in [6, 6.07) is 22.6. The Kier molecular flexibility index (Phi) is 6.92. The minimum atomic E-state index is -0.321. The molecule has 0 atom stereocenters. The van der Waals surface area contributed by atoms with E-state index in [-0.39, 0.29) is 30.6 Å². The van der Waals surface area contributed by atoms with Crippen molar-refractivity contribution in [3.8, 4) is 0 Å². The third kappa shape index (κ3) is 5.39. The fourth-order valence-electron chi connectivity index (χ4n) is 3.72. The molecule has 3 aromatic carbocycles. The molecule has 0 aromatic heterocycles. The van der Waals surface area contributed by atoms with Crippen LogP contribution in [0, 0.1) is 5.82 Å². The zero-order chi connectivity index (χ0) is 22.3. The minimum Gasteiger partial charge on any atom is -0.378 e. The number of benzene rings is 3. The zero-order valence-corrected chi connectivity index (χ0v) is 17.7. The van der Waals surface area contributed by atoms with Crippen LogP contribution in [0.2, 0.25) is 0 Å². The van der Waals surface area contributed by atoms with Crippen molar-refractivity contribution in [3.05, 3.63) is 101 Å². The van der Waals surface area contributed by atoms with Crippen molar-refractivity contribution in [3.63, 3.8) is 0 Å². The summed E-state index contributed by atoms with van der Waals surface area (Å²) < 4.78 is 18.7. The van der Waals surface area contributed by atoms with Crippen molar-refractivity contribution in [2.45, 2.75) is 13.0 Å². The molecule has 2 amide bonds. The van der Waals surface area contributed by atoms with Crippen molar-refractivity contribution >= 4 is 17.5 Å². The van der Waals surface area contributed by atoms with Gasteiger partial charge in [0.15, 0.2) is 0 Å².